The summed E-state index contributed by atoms with van der Waals surface area (Å²) in [6.45, 7) is 3.49. The Balaban J connectivity index is 1.89. The van der Waals surface area contributed by atoms with Gasteiger partial charge in [0.25, 0.3) is 15.9 Å². The molecule has 8 heteroatoms. The number of halogens is 2. The Hall–Kier alpha value is -2.54. The number of amides is 1. The molecule has 3 aromatic rings. The fourth-order valence-corrected chi connectivity index (χ4v) is 4.40. The molecule has 0 spiro atoms. The third-order valence-corrected chi connectivity index (χ3v) is 6.55. The summed E-state index contributed by atoms with van der Waals surface area (Å²) in [6.07, 6.45) is 0. The minimum absolute atomic E-state index is 0.0301. The van der Waals surface area contributed by atoms with Gasteiger partial charge < -0.3 is 5.32 Å². The molecule has 0 aromatic heterocycles. The van der Waals surface area contributed by atoms with E-state index in [1.54, 1.807) is 43.3 Å². The molecular weight excluding hydrogens is 431 g/mol. The van der Waals surface area contributed by atoms with Crippen molar-refractivity contribution in [2.45, 2.75) is 18.7 Å². The monoisotopic (exact) mass is 448 g/mol. The zero-order chi connectivity index (χ0) is 21.2. The normalized spacial score (nSPS) is 11.2. The number of carbonyl (C=O) groups is 1. The van der Waals surface area contributed by atoms with Gasteiger partial charge in [-0.25, -0.2) is 8.42 Å². The summed E-state index contributed by atoms with van der Waals surface area (Å²) in [5.41, 5.74) is 2.45. The number of carbonyl (C=O) groups excluding carboxylic acids is 1. The Morgan fingerprint density at radius 1 is 0.862 bits per heavy atom. The summed E-state index contributed by atoms with van der Waals surface area (Å²) < 4.78 is 28.4. The van der Waals surface area contributed by atoms with Crippen LogP contribution in [-0.4, -0.2) is 14.3 Å². The topological polar surface area (TPSA) is 75.3 Å². The molecule has 0 bridgehead atoms. The number of benzene rings is 3. The minimum Gasteiger partial charge on any atom is -0.322 e. The predicted octanol–water partition coefficient (Wildman–Crippen LogP) is 5.66. The Kier molecular flexibility index (Phi) is 6.17. The molecule has 2 N–H and O–H groups in total. The molecule has 3 aromatic carbocycles. The van der Waals surface area contributed by atoms with E-state index in [1.807, 2.05) is 19.1 Å². The van der Waals surface area contributed by atoms with Crippen LogP contribution in [0.5, 0.6) is 0 Å². The van der Waals surface area contributed by atoms with Gasteiger partial charge in [-0.15, -0.1) is 0 Å². The molecule has 0 heterocycles. The van der Waals surface area contributed by atoms with Crippen LogP contribution < -0.4 is 10.0 Å². The largest absolute Gasteiger partial charge is 0.322 e. The van der Waals surface area contributed by atoms with Gasteiger partial charge in [0.2, 0.25) is 0 Å². The second kappa shape index (κ2) is 8.45. The maximum Gasteiger partial charge on any atom is 0.262 e. The molecule has 0 unspecified atom stereocenters. The maximum atomic E-state index is 12.9. The lowest BCUT2D eigenvalue weighted by Gasteiger charge is -2.13. The summed E-state index contributed by atoms with van der Waals surface area (Å²) in [7, 11) is -3.88. The quantitative estimate of drug-likeness (QED) is 0.528. The van der Waals surface area contributed by atoms with Crippen LogP contribution in [-0.2, 0) is 10.0 Å². The lowest BCUT2D eigenvalue weighted by molar-refractivity contribution is 0.102. The molecule has 0 aliphatic heterocycles. The van der Waals surface area contributed by atoms with Gasteiger partial charge in [-0.2, -0.15) is 0 Å². The standard InChI is InChI=1S/C21H18Cl2N2O3S/c1-13-5-3-4-6-19(13)25-29(27,28)20-11-15(8-7-14(20)2)21(26)24-16-9-10-17(22)18(23)12-16/h3-12,25H,1-2H3,(H,24,26). The molecule has 0 saturated heterocycles. The molecule has 0 fully saturated rings. The van der Waals surface area contributed by atoms with E-state index in [9.17, 15) is 13.2 Å². The van der Waals surface area contributed by atoms with Gasteiger partial charge in [0, 0.05) is 11.3 Å². The first kappa shape index (κ1) is 21.2. The predicted molar refractivity (Wildman–Crippen MR) is 118 cm³/mol. The smallest absolute Gasteiger partial charge is 0.262 e. The van der Waals surface area contributed by atoms with E-state index in [0.29, 0.717) is 27.0 Å². The van der Waals surface area contributed by atoms with E-state index in [4.69, 9.17) is 23.2 Å². The van der Waals surface area contributed by atoms with Crippen molar-refractivity contribution in [3.05, 3.63) is 87.4 Å². The van der Waals surface area contributed by atoms with E-state index in [0.717, 1.165) is 5.56 Å². The third-order valence-electron chi connectivity index (χ3n) is 4.31. The number of para-hydroxylation sites is 1. The van der Waals surface area contributed by atoms with Gasteiger partial charge in [0.15, 0.2) is 0 Å². The van der Waals surface area contributed by atoms with E-state index >= 15 is 0 Å². The number of hydrogen-bond donors (Lipinski definition) is 2. The van der Waals surface area contributed by atoms with Crippen molar-refractivity contribution in [1.29, 1.82) is 0 Å². The van der Waals surface area contributed by atoms with Crippen LogP contribution in [0.15, 0.2) is 65.6 Å². The highest BCUT2D eigenvalue weighted by molar-refractivity contribution is 7.92. The molecule has 0 atom stereocenters. The van der Waals surface area contributed by atoms with Crippen LogP contribution >= 0.6 is 23.2 Å². The Bertz CT molecular complexity index is 1190. The molecule has 0 radical (unpaired) electrons. The van der Waals surface area contributed by atoms with Crippen molar-refractivity contribution in [3.63, 3.8) is 0 Å². The van der Waals surface area contributed by atoms with Gasteiger partial charge >= 0.3 is 0 Å². The SMILES string of the molecule is Cc1ccccc1NS(=O)(=O)c1cc(C(=O)Nc2ccc(Cl)c(Cl)c2)ccc1C. The summed E-state index contributed by atoms with van der Waals surface area (Å²) >= 11 is 11.8. The van der Waals surface area contributed by atoms with E-state index in [2.05, 4.69) is 10.0 Å². The number of nitrogens with one attached hydrogen (secondary N) is 2. The van der Waals surface area contributed by atoms with E-state index < -0.39 is 15.9 Å². The molecular formula is C21H18Cl2N2O3S. The second-order valence-electron chi connectivity index (χ2n) is 6.48. The molecule has 5 nitrogen and oxygen atoms in total. The average molecular weight is 449 g/mol. The van der Waals surface area contributed by atoms with Gasteiger partial charge in [-0.05, 0) is 61.4 Å². The van der Waals surface area contributed by atoms with Gasteiger partial charge in [-0.1, -0.05) is 47.5 Å². The molecule has 3 rings (SSSR count). The Labute approximate surface area is 179 Å². The highest BCUT2D eigenvalue weighted by atomic mass is 35.5. The zero-order valence-corrected chi connectivity index (χ0v) is 18.0. The molecule has 1 amide bonds. The average Bonchev–Trinajstić information content (AvgIpc) is 2.66. The first-order chi connectivity index (χ1) is 13.7. The summed E-state index contributed by atoms with van der Waals surface area (Å²) in [5.74, 6) is -0.462. The van der Waals surface area contributed by atoms with Crippen molar-refractivity contribution < 1.29 is 13.2 Å². The van der Waals surface area contributed by atoms with Crippen LogP contribution in [0.4, 0.5) is 11.4 Å². The number of anilines is 2. The molecule has 0 aliphatic carbocycles. The van der Waals surface area contributed by atoms with Crippen LogP contribution in [0.25, 0.3) is 0 Å². The molecule has 29 heavy (non-hydrogen) atoms. The van der Waals surface area contributed by atoms with Gasteiger partial charge in [0.1, 0.15) is 0 Å². The van der Waals surface area contributed by atoms with E-state index in [1.165, 1.54) is 12.1 Å². The fourth-order valence-electron chi connectivity index (χ4n) is 2.70. The van der Waals surface area contributed by atoms with Crippen LogP contribution in [0.2, 0.25) is 10.0 Å². The summed E-state index contributed by atoms with van der Waals surface area (Å²) in [4.78, 5) is 12.6. The molecule has 150 valence electrons. The third kappa shape index (κ3) is 4.90. The summed E-state index contributed by atoms with van der Waals surface area (Å²) in [6, 6.07) is 16.3. The number of sulfonamides is 1. The van der Waals surface area contributed by atoms with Crippen LogP contribution in [0.1, 0.15) is 21.5 Å². The number of rotatable bonds is 5. The van der Waals surface area contributed by atoms with Crippen molar-refractivity contribution >= 4 is 50.5 Å². The van der Waals surface area contributed by atoms with E-state index in [-0.39, 0.29) is 10.5 Å². The first-order valence-electron chi connectivity index (χ1n) is 8.63. The zero-order valence-electron chi connectivity index (χ0n) is 15.7. The lowest BCUT2D eigenvalue weighted by Crippen LogP contribution is -2.17. The Morgan fingerprint density at radius 3 is 2.28 bits per heavy atom. The second-order valence-corrected chi connectivity index (χ2v) is 8.95. The van der Waals surface area contributed by atoms with Gasteiger partial charge in [-0.3, -0.25) is 9.52 Å². The van der Waals surface area contributed by atoms with Crippen molar-refractivity contribution in [2.24, 2.45) is 0 Å². The van der Waals surface area contributed by atoms with Crippen molar-refractivity contribution in [2.75, 3.05) is 10.0 Å². The lowest BCUT2D eigenvalue weighted by atomic mass is 10.1. The highest BCUT2D eigenvalue weighted by Gasteiger charge is 2.20. The van der Waals surface area contributed by atoms with Crippen molar-refractivity contribution in [3.8, 4) is 0 Å². The summed E-state index contributed by atoms with van der Waals surface area (Å²) in [5, 5.41) is 3.36. The number of aryl methyl sites for hydroxylation is 2. The Morgan fingerprint density at radius 2 is 1.59 bits per heavy atom. The molecule has 0 saturated carbocycles. The molecule has 0 aliphatic rings. The fraction of sp³-hybridized carbons (Fsp3) is 0.0952. The van der Waals surface area contributed by atoms with Crippen LogP contribution in [0.3, 0.4) is 0 Å². The first-order valence-corrected chi connectivity index (χ1v) is 10.9. The maximum absolute atomic E-state index is 12.9. The highest BCUT2D eigenvalue weighted by Crippen LogP contribution is 2.26. The van der Waals surface area contributed by atoms with Gasteiger partial charge in [0.05, 0.1) is 20.6 Å². The minimum atomic E-state index is -3.88. The van der Waals surface area contributed by atoms with Crippen LogP contribution in [0, 0.1) is 13.8 Å². The van der Waals surface area contributed by atoms with Crippen molar-refractivity contribution in [1.82, 2.24) is 0 Å². The number of hydrogen-bond acceptors (Lipinski definition) is 3.